The molecule has 1 saturated heterocycles. The van der Waals surface area contributed by atoms with Crippen LogP contribution in [0.15, 0.2) is 67.3 Å². The number of likely N-dealkylation sites (tertiary alicyclic amines) is 1. The number of ether oxygens (including phenoxy) is 3. The van der Waals surface area contributed by atoms with E-state index in [1.807, 2.05) is 48.5 Å². The van der Waals surface area contributed by atoms with Crippen molar-refractivity contribution in [3.63, 3.8) is 0 Å². The van der Waals surface area contributed by atoms with Gasteiger partial charge in [0, 0.05) is 35.4 Å². The summed E-state index contributed by atoms with van der Waals surface area (Å²) in [7, 11) is 1.57. The standard InChI is InChI=1S/C37H44N4O8/c1-8-23-19-37(23,34(44)45)40-32(42)29-17-25(20-41(29)33(43)31(21(2)3)39-35(46)49-36(4,5)6)48-30-18-27(22-12-10-9-11-13-22)38-28-16-24(47-7)14-15-26(28)30/h8-16,18,21,23,25,29,31H,1,17,19-20H2,2-7H3,(H,39,46)(H,40,42)(H,44,45)/t23?,25?,29-,31-,37?/m0/s1. The molecule has 3 unspecified atom stereocenters. The Balaban J connectivity index is 1.49. The molecule has 1 aliphatic heterocycles. The zero-order chi connectivity index (χ0) is 35.7. The quantitative estimate of drug-likeness (QED) is 0.240. The van der Waals surface area contributed by atoms with Crippen LogP contribution in [0, 0.1) is 11.8 Å². The molecule has 3 N–H and O–H groups in total. The molecule has 2 fully saturated rings. The van der Waals surface area contributed by atoms with Gasteiger partial charge in [0.2, 0.25) is 11.8 Å². The van der Waals surface area contributed by atoms with Gasteiger partial charge in [-0.25, -0.2) is 14.6 Å². The summed E-state index contributed by atoms with van der Waals surface area (Å²) >= 11 is 0. The molecule has 12 nitrogen and oxygen atoms in total. The first kappa shape index (κ1) is 35.2. The fourth-order valence-electron chi connectivity index (χ4n) is 6.16. The average molecular weight is 673 g/mol. The number of nitrogens with one attached hydrogen (secondary N) is 2. The lowest BCUT2D eigenvalue weighted by atomic mass is 10.0. The van der Waals surface area contributed by atoms with Gasteiger partial charge in [-0.15, -0.1) is 6.58 Å². The number of fused-ring (bicyclic) bond motifs is 1. The van der Waals surface area contributed by atoms with Gasteiger partial charge in [-0.05, 0) is 45.2 Å². The molecule has 1 aliphatic carbocycles. The maximum Gasteiger partial charge on any atom is 0.408 e. The van der Waals surface area contributed by atoms with E-state index in [0.29, 0.717) is 28.1 Å². The van der Waals surface area contributed by atoms with Crippen molar-refractivity contribution in [2.24, 2.45) is 11.8 Å². The van der Waals surface area contributed by atoms with E-state index in [-0.39, 0.29) is 25.3 Å². The number of nitrogens with zero attached hydrogens (tertiary/aromatic N) is 2. The van der Waals surface area contributed by atoms with Gasteiger partial charge in [0.25, 0.3) is 0 Å². The van der Waals surface area contributed by atoms with Crippen LogP contribution in [0.4, 0.5) is 4.79 Å². The topological polar surface area (TPSA) is 156 Å². The number of rotatable bonds is 11. The summed E-state index contributed by atoms with van der Waals surface area (Å²) in [6.45, 7) is 12.4. The number of aliphatic carboxylic acids is 1. The maximum absolute atomic E-state index is 14.2. The molecule has 0 bridgehead atoms. The molecule has 260 valence electrons. The van der Waals surface area contributed by atoms with Crippen molar-refractivity contribution in [2.75, 3.05) is 13.7 Å². The van der Waals surface area contributed by atoms with Crippen LogP contribution in [0.1, 0.15) is 47.5 Å². The first-order chi connectivity index (χ1) is 23.2. The summed E-state index contributed by atoms with van der Waals surface area (Å²) in [6.07, 6.45) is 0.341. The molecule has 3 amide bonds. The van der Waals surface area contributed by atoms with Crippen molar-refractivity contribution in [3.8, 4) is 22.8 Å². The van der Waals surface area contributed by atoms with Gasteiger partial charge < -0.3 is 34.9 Å². The Labute approximate surface area is 285 Å². The number of aromatic nitrogens is 1. The Hall–Kier alpha value is -5.13. The Morgan fingerprint density at radius 1 is 1.10 bits per heavy atom. The van der Waals surface area contributed by atoms with E-state index < -0.39 is 59.1 Å². The van der Waals surface area contributed by atoms with Crippen molar-refractivity contribution >= 4 is 34.8 Å². The third-order valence-electron chi connectivity index (χ3n) is 8.82. The van der Waals surface area contributed by atoms with Crippen LogP contribution in [-0.4, -0.2) is 81.8 Å². The first-order valence-corrected chi connectivity index (χ1v) is 16.3. The van der Waals surface area contributed by atoms with Crippen LogP contribution >= 0.6 is 0 Å². The van der Waals surface area contributed by atoms with Gasteiger partial charge >= 0.3 is 12.1 Å². The Kier molecular flexibility index (Phi) is 9.89. The largest absolute Gasteiger partial charge is 0.497 e. The normalized spacial score (nSPS) is 22.3. The van der Waals surface area contributed by atoms with Crippen LogP contribution in [0.5, 0.6) is 11.5 Å². The van der Waals surface area contributed by atoms with Crippen molar-refractivity contribution in [1.29, 1.82) is 0 Å². The highest BCUT2D eigenvalue weighted by Crippen LogP contribution is 2.45. The fraction of sp³-hybridized carbons (Fsp3) is 0.432. The van der Waals surface area contributed by atoms with Crippen molar-refractivity contribution in [1.82, 2.24) is 20.5 Å². The van der Waals surface area contributed by atoms with E-state index in [1.165, 1.54) is 11.0 Å². The second-order valence-corrected chi connectivity index (χ2v) is 13.9. The number of carboxylic acid groups (broad SMARTS) is 1. The molecule has 0 spiro atoms. The van der Waals surface area contributed by atoms with Gasteiger partial charge in [-0.3, -0.25) is 9.59 Å². The first-order valence-electron chi connectivity index (χ1n) is 16.3. The van der Waals surface area contributed by atoms with Gasteiger partial charge in [0.1, 0.15) is 40.8 Å². The van der Waals surface area contributed by atoms with Crippen LogP contribution in [0.25, 0.3) is 22.2 Å². The van der Waals surface area contributed by atoms with E-state index in [0.717, 1.165) is 5.56 Å². The van der Waals surface area contributed by atoms with Crippen LogP contribution in [0.3, 0.4) is 0 Å². The molecule has 3 aromatic rings. The molecule has 0 radical (unpaired) electrons. The van der Waals surface area contributed by atoms with Crippen LogP contribution in [-0.2, 0) is 19.1 Å². The van der Waals surface area contributed by atoms with Crippen LogP contribution in [0.2, 0.25) is 0 Å². The predicted octanol–water partition coefficient (Wildman–Crippen LogP) is 4.95. The lowest BCUT2D eigenvalue weighted by Gasteiger charge is -2.31. The SMILES string of the molecule is C=CC1CC1(NC(=O)[C@@H]1CC(Oc2cc(-c3ccccc3)nc3cc(OC)ccc23)CN1C(=O)[C@@H](NC(=O)OC(C)(C)C)C(C)C)C(=O)O. The molecule has 5 rings (SSSR count). The highest BCUT2D eigenvalue weighted by Gasteiger charge is 2.61. The summed E-state index contributed by atoms with van der Waals surface area (Å²) in [4.78, 5) is 59.4. The summed E-state index contributed by atoms with van der Waals surface area (Å²) in [5.74, 6) is -2.01. The number of carboxylic acids is 1. The monoisotopic (exact) mass is 672 g/mol. The van der Waals surface area contributed by atoms with E-state index in [1.54, 1.807) is 47.8 Å². The number of hydrogen-bond donors (Lipinski definition) is 3. The van der Waals surface area contributed by atoms with Crippen LogP contribution < -0.4 is 20.1 Å². The second-order valence-electron chi connectivity index (χ2n) is 13.9. The average Bonchev–Trinajstić information content (AvgIpc) is 3.61. The zero-order valence-electron chi connectivity index (χ0n) is 28.7. The Morgan fingerprint density at radius 2 is 1.82 bits per heavy atom. The summed E-state index contributed by atoms with van der Waals surface area (Å²) in [5.41, 5.74) is -0.137. The summed E-state index contributed by atoms with van der Waals surface area (Å²) in [5, 5.41) is 16.1. The highest BCUT2D eigenvalue weighted by atomic mass is 16.6. The number of hydrogen-bond acceptors (Lipinski definition) is 8. The van der Waals surface area contributed by atoms with E-state index in [2.05, 4.69) is 17.2 Å². The zero-order valence-corrected chi connectivity index (χ0v) is 28.7. The minimum absolute atomic E-state index is 0.00172. The molecular formula is C37H44N4O8. The highest BCUT2D eigenvalue weighted by molar-refractivity contribution is 5.96. The minimum Gasteiger partial charge on any atom is -0.497 e. The predicted molar refractivity (Wildman–Crippen MR) is 183 cm³/mol. The van der Waals surface area contributed by atoms with Gasteiger partial charge in [0.05, 0.1) is 24.9 Å². The number of benzene rings is 2. The van der Waals surface area contributed by atoms with E-state index in [9.17, 15) is 24.3 Å². The Morgan fingerprint density at radius 3 is 2.41 bits per heavy atom. The van der Waals surface area contributed by atoms with Crippen molar-refractivity contribution in [3.05, 3.63) is 67.3 Å². The second kappa shape index (κ2) is 13.8. The smallest absolute Gasteiger partial charge is 0.408 e. The summed E-state index contributed by atoms with van der Waals surface area (Å²) < 4.78 is 17.5. The molecule has 2 aliphatic rings. The van der Waals surface area contributed by atoms with E-state index >= 15 is 0 Å². The maximum atomic E-state index is 14.2. The number of methoxy groups -OCH3 is 1. The third-order valence-corrected chi connectivity index (χ3v) is 8.82. The minimum atomic E-state index is -1.50. The number of alkyl carbamates (subject to hydrolysis) is 1. The van der Waals surface area contributed by atoms with Crippen molar-refractivity contribution in [2.45, 2.75) is 76.8 Å². The summed E-state index contributed by atoms with van der Waals surface area (Å²) in [6, 6.07) is 14.8. The number of carbonyl (C=O) groups excluding carboxylic acids is 3. The van der Waals surface area contributed by atoms with Gasteiger partial charge in [-0.2, -0.15) is 0 Å². The van der Waals surface area contributed by atoms with Gasteiger partial charge in [0.15, 0.2) is 0 Å². The molecular weight excluding hydrogens is 628 g/mol. The molecule has 2 aromatic carbocycles. The number of pyridine rings is 1. The molecule has 49 heavy (non-hydrogen) atoms. The molecule has 2 heterocycles. The number of amides is 3. The number of carbonyl (C=O) groups is 4. The fourth-order valence-corrected chi connectivity index (χ4v) is 6.16. The molecule has 12 heteroatoms. The van der Waals surface area contributed by atoms with E-state index in [4.69, 9.17) is 19.2 Å². The van der Waals surface area contributed by atoms with Crippen molar-refractivity contribution < 1.29 is 38.5 Å². The third kappa shape index (κ3) is 7.63. The molecule has 1 saturated carbocycles. The lowest BCUT2D eigenvalue weighted by molar-refractivity contribution is -0.146. The Bertz CT molecular complexity index is 1750. The molecule has 5 atom stereocenters. The lowest BCUT2D eigenvalue weighted by Crippen LogP contribution is -2.57. The van der Waals surface area contributed by atoms with Gasteiger partial charge in [-0.1, -0.05) is 50.3 Å². The molecule has 1 aromatic heterocycles.